The Balaban J connectivity index is 2.18. The topological polar surface area (TPSA) is 79.2 Å². The molecule has 2 aromatic rings. The van der Waals surface area contributed by atoms with Crippen molar-refractivity contribution in [2.75, 3.05) is 11.3 Å². The van der Waals surface area contributed by atoms with Crippen LogP contribution in [0.1, 0.15) is 0 Å². The minimum atomic E-state index is -3.56. The normalized spacial score (nSPS) is 10.7. The molecule has 0 spiro atoms. The third kappa shape index (κ3) is 3.47. The standard InChI is InChI=1S/C12H10N2O3S2/c13-6-7-17-11-4-1-3-10(9-11)14-19(15,16)12-5-2-8-18-12/h1-5,8-9,14H,7H2. The zero-order chi connectivity index (χ0) is 13.7. The van der Waals surface area contributed by atoms with E-state index < -0.39 is 10.0 Å². The molecular formula is C12H10N2O3S2. The van der Waals surface area contributed by atoms with Crippen LogP contribution in [0.25, 0.3) is 0 Å². The van der Waals surface area contributed by atoms with Crippen molar-refractivity contribution in [2.24, 2.45) is 0 Å². The summed E-state index contributed by atoms with van der Waals surface area (Å²) in [7, 11) is -3.56. The van der Waals surface area contributed by atoms with E-state index in [0.717, 1.165) is 11.3 Å². The lowest BCUT2D eigenvalue weighted by molar-refractivity contribution is 0.368. The number of nitrogens with zero attached hydrogens (tertiary/aromatic N) is 1. The molecule has 1 heterocycles. The van der Waals surface area contributed by atoms with Crippen molar-refractivity contribution in [3.8, 4) is 11.8 Å². The minimum Gasteiger partial charge on any atom is -0.479 e. The average molecular weight is 294 g/mol. The zero-order valence-corrected chi connectivity index (χ0v) is 11.4. The summed E-state index contributed by atoms with van der Waals surface area (Å²) in [4.78, 5) is 0. The minimum absolute atomic E-state index is 0.0822. The van der Waals surface area contributed by atoms with Gasteiger partial charge >= 0.3 is 0 Å². The van der Waals surface area contributed by atoms with Crippen molar-refractivity contribution in [3.63, 3.8) is 0 Å². The Morgan fingerprint density at radius 1 is 1.32 bits per heavy atom. The summed E-state index contributed by atoms with van der Waals surface area (Å²) >= 11 is 1.14. The highest BCUT2D eigenvalue weighted by atomic mass is 32.2. The van der Waals surface area contributed by atoms with Crippen molar-refractivity contribution in [2.45, 2.75) is 4.21 Å². The second-order valence-electron chi connectivity index (χ2n) is 3.51. The van der Waals surface area contributed by atoms with Crippen LogP contribution in [0.4, 0.5) is 5.69 Å². The van der Waals surface area contributed by atoms with Crippen molar-refractivity contribution in [3.05, 3.63) is 41.8 Å². The van der Waals surface area contributed by atoms with Gasteiger partial charge in [-0.2, -0.15) is 5.26 Å². The first-order valence-electron chi connectivity index (χ1n) is 5.28. The number of nitriles is 1. The molecule has 0 bridgehead atoms. The van der Waals surface area contributed by atoms with Gasteiger partial charge in [-0.15, -0.1) is 11.3 Å². The van der Waals surface area contributed by atoms with Crippen LogP contribution in [0, 0.1) is 11.3 Å². The van der Waals surface area contributed by atoms with Crippen LogP contribution in [0.15, 0.2) is 46.0 Å². The number of benzene rings is 1. The second kappa shape index (κ2) is 5.73. The van der Waals surface area contributed by atoms with Gasteiger partial charge in [0.1, 0.15) is 16.0 Å². The summed E-state index contributed by atoms with van der Waals surface area (Å²) < 4.78 is 31.8. The van der Waals surface area contributed by atoms with Gasteiger partial charge in [0.15, 0.2) is 6.61 Å². The quantitative estimate of drug-likeness (QED) is 0.918. The SMILES string of the molecule is N#CCOc1cccc(NS(=O)(=O)c2cccs2)c1. The summed E-state index contributed by atoms with van der Waals surface area (Å²) in [5.41, 5.74) is 0.392. The van der Waals surface area contributed by atoms with Crippen molar-refractivity contribution in [1.82, 2.24) is 0 Å². The lowest BCUT2D eigenvalue weighted by Crippen LogP contribution is -2.11. The van der Waals surface area contributed by atoms with Gasteiger partial charge in [-0.1, -0.05) is 12.1 Å². The monoisotopic (exact) mass is 294 g/mol. The fraction of sp³-hybridized carbons (Fsp3) is 0.0833. The summed E-state index contributed by atoms with van der Waals surface area (Å²) in [5, 5.41) is 10.1. The molecule has 98 valence electrons. The third-order valence-corrected chi connectivity index (χ3v) is 4.93. The summed E-state index contributed by atoms with van der Waals surface area (Å²) in [6.07, 6.45) is 0. The molecule has 0 aliphatic carbocycles. The van der Waals surface area contributed by atoms with Crippen LogP contribution < -0.4 is 9.46 Å². The molecule has 19 heavy (non-hydrogen) atoms. The van der Waals surface area contributed by atoms with Crippen LogP contribution in [0.3, 0.4) is 0 Å². The average Bonchev–Trinajstić information content (AvgIpc) is 2.91. The Kier molecular flexibility index (Phi) is 4.04. The molecular weight excluding hydrogens is 284 g/mol. The molecule has 7 heteroatoms. The van der Waals surface area contributed by atoms with Crippen LogP contribution in [-0.4, -0.2) is 15.0 Å². The van der Waals surface area contributed by atoms with E-state index in [1.165, 1.54) is 12.1 Å². The summed E-state index contributed by atoms with van der Waals surface area (Å²) in [5.74, 6) is 0.438. The Bertz CT molecular complexity index is 688. The number of nitrogens with one attached hydrogen (secondary N) is 1. The predicted octanol–water partition coefficient (Wildman–Crippen LogP) is 2.45. The van der Waals surface area contributed by atoms with Crippen molar-refractivity contribution in [1.29, 1.82) is 5.26 Å². The maximum atomic E-state index is 12.0. The summed E-state index contributed by atoms with van der Waals surface area (Å²) in [6, 6.07) is 11.5. The molecule has 1 aromatic carbocycles. The van der Waals surface area contributed by atoms with E-state index in [2.05, 4.69) is 4.72 Å². The number of anilines is 1. The molecule has 2 rings (SSSR count). The van der Waals surface area contributed by atoms with E-state index in [1.807, 2.05) is 6.07 Å². The third-order valence-electron chi connectivity index (χ3n) is 2.15. The predicted molar refractivity (Wildman–Crippen MR) is 72.7 cm³/mol. The summed E-state index contributed by atoms with van der Waals surface area (Å²) in [6.45, 7) is -0.0822. The fourth-order valence-electron chi connectivity index (χ4n) is 1.39. The highest BCUT2D eigenvalue weighted by Gasteiger charge is 2.15. The maximum Gasteiger partial charge on any atom is 0.271 e. The number of ether oxygens (including phenoxy) is 1. The molecule has 1 N–H and O–H groups in total. The molecule has 0 saturated heterocycles. The first-order valence-corrected chi connectivity index (χ1v) is 7.64. The number of thiophene rings is 1. The first-order chi connectivity index (χ1) is 9.12. The van der Waals surface area contributed by atoms with Gasteiger partial charge in [0.2, 0.25) is 0 Å². The van der Waals surface area contributed by atoms with Crippen molar-refractivity contribution >= 4 is 27.0 Å². The van der Waals surface area contributed by atoms with Gasteiger partial charge in [0.05, 0.1) is 5.69 Å². The van der Waals surface area contributed by atoms with Gasteiger partial charge in [0, 0.05) is 6.07 Å². The molecule has 0 amide bonds. The largest absolute Gasteiger partial charge is 0.479 e. The smallest absolute Gasteiger partial charge is 0.271 e. The highest BCUT2D eigenvalue weighted by molar-refractivity contribution is 7.94. The van der Waals surface area contributed by atoms with E-state index in [0.29, 0.717) is 11.4 Å². The number of rotatable bonds is 5. The molecule has 0 unspecified atom stereocenters. The molecule has 0 atom stereocenters. The molecule has 5 nitrogen and oxygen atoms in total. The first kappa shape index (κ1) is 13.4. The van der Waals surface area contributed by atoms with E-state index >= 15 is 0 Å². The molecule has 0 radical (unpaired) electrons. The van der Waals surface area contributed by atoms with Gasteiger partial charge < -0.3 is 4.74 Å². The number of hydrogen-bond donors (Lipinski definition) is 1. The number of sulfonamides is 1. The van der Waals surface area contributed by atoms with Gasteiger partial charge in [0.25, 0.3) is 10.0 Å². The highest BCUT2D eigenvalue weighted by Crippen LogP contribution is 2.22. The molecule has 0 aliphatic heterocycles. The Hall–Kier alpha value is -2.04. The van der Waals surface area contributed by atoms with E-state index in [1.54, 1.807) is 29.6 Å². The zero-order valence-electron chi connectivity index (χ0n) is 9.74. The molecule has 0 aliphatic rings. The van der Waals surface area contributed by atoms with Crippen LogP contribution >= 0.6 is 11.3 Å². The van der Waals surface area contributed by atoms with Crippen molar-refractivity contribution < 1.29 is 13.2 Å². The lowest BCUT2D eigenvalue weighted by Gasteiger charge is -2.08. The van der Waals surface area contributed by atoms with Crippen LogP contribution in [0.5, 0.6) is 5.75 Å². The fourth-order valence-corrected chi connectivity index (χ4v) is 3.43. The van der Waals surface area contributed by atoms with E-state index in [-0.39, 0.29) is 10.8 Å². The molecule has 1 aromatic heterocycles. The maximum absolute atomic E-state index is 12.0. The lowest BCUT2D eigenvalue weighted by atomic mass is 10.3. The molecule has 0 fully saturated rings. The van der Waals surface area contributed by atoms with Crippen LogP contribution in [0.2, 0.25) is 0 Å². The van der Waals surface area contributed by atoms with E-state index in [9.17, 15) is 8.42 Å². The van der Waals surface area contributed by atoms with E-state index in [4.69, 9.17) is 10.00 Å². The molecule has 0 saturated carbocycles. The number of hydrogen-bond acceptors (Lipinski definition) is 5. The van der Waals surface area contributed by atoms with Gasteiger partial charge in [-0.3, -0.25) is 4.72 Å². The van der Waals surface area contributed by atoms with Crippen LogP contribution in [-0.2, 0) is 10.0 Å². The second-order valence-corrected chi connectivity index (χ2v) is 6.37. The Labute approximate surface area is 115 Å². The van der Waals surface area contributed by atoms with Gasteiger partial charge in [-0.25, -0.2) is 8.42 Å². The Morgan fingerprint density at radius 3 is 2.84 bits per heavy atom. The van der Waals surface area contributed by atoms with Gasteiger partial charge in [-0.05, 0) is 23.6 Å². The Morgan fingerprint density at radius 2 is 2.16 bits per heavy atom.